The zero-order chi connectivity index (χ0) is 17.2. The standard InChI is InChI=1S/C20H22N4S/c1-21-25-15-8-10-19(17(11-15)20-12-24(2)13-22-20)23-18-9-7-14-5-3-4-6-16(14)18/h3-6,8,10-13,18,21,23H,7,9H2,1-2H3. The second-order valence-corrected chi connectivity index (χ2v) is 7.46. The molecule has 0 saturated heterocycles. The van der Waals surface area contributed by atoms with Crippen molar-refractivity contribution in [2.24, 2.45) is 7.05 Å². The van der Waals surface area contributed by atoms with Crippen molar-refractivity contribution in [2.45, 2.75) is 23.8 Å². The van der Waals surface area contributed by atoms with Gasteiger partial charge in [0.2, 0.25) is 0 Å². The maximum absolute atomic E-state index is 4.56. The lowest BCUT2D eigenvalue weighted by Gasteiger charge is -2.19. The number of aryl methyl sites for hydroxylation is 2. The van der Waals surface area contributed by atoms with Crippen molar-refractivity contribution in [3.8, 4) is 11.3 Å². The van der Waals surface area contributed by atoms with E-state index >= 15 is 0 Å². The quantitative estimate of drug-likeness (QED) is 0.669. The van der Waals surface area contributed by atoms with E-state index in [0.717, 1.165) is 29.8 Å². The predicted octanol–water partition coefficient (Wildman–Crippen LogP) is 4.41. The molecule has 1 aliphatic rings. The van der Waals surface area contributed by atoms with Crippen molar-refractivity contribution in [3.05, 3.63) is 66.1 Å². The van der Waals surface area contributed by atoms with Crippen LogP contribution in [0, 0.1) is 0 Å². The number of hydrogen-bond acceptors (Lipinski definition) is 4. The average Bonchev–Trinajstić information content (AvgIpc) is 3.23. The first-order chi connectivity index (χ1) is 12.2. The second-order valence-electron chi connectivity index (χ2n) is 6.37. The number of imidazole rings is 1. The summed E-state index contributed by atoms with van der Waals surface area (Å²) in [6, 6.07) is 15.6. The van der Waals surface area contributed by atoms with Crippen LogP contribution in [0.15, 0.2) is 59.9 Å². The summed E-state index contributed by atoms with van der Waals surface area (Å²) >= 11 is 1.62. The zero-order valence-electron chi connectivity index (χ0n) is 14.5. The third kappa shape index (κ3) is 3.30. The van der Waals surface area contributed by atoms with Gasteiger partial charge in [-0.1, -0.05) is 24.3 Å². The number of nitrogens with one attached hydrogen (secondary N) is 2. The molecule has 0 aliphatic heterocycles. The Bertz CT molecular complexity index is 887. The largest absolute Gasteiger partial charge is 0.378 e. The monoisotopic (exact) mass is 350 g/mol. The summed E-state index contributed by atoms with van der Waals surface area (Å²) in [4.78, 5) is 5.74. The molecule has 3 aromatic rings. The fraction of sp³-hybridized carbons (Fsp3) is 0.250. The molecule has 0 radical (unpaired) electrons. The van der Waals surface area contributed by atoms with Gasteiger partial charge in [-0.3, -0.25) is 4.72 Å². The van der Waals surface area contributed by atoms with Crippen LogP contribution < -0.4 is 10.0 Å². The van der Waals surface area contributed by atoms with E-state index in [2.05, 4.69) is 63.7 Å². The Kier molecular flexibility index (Phi) is 4.51. The van der Waals surface area contributed by atoms with Crippen molar-refractivity contribution < 1.29 is 0 Å². The van der Waals surface area contributed by atoms with Gasteiger partial charge in [0.1, 0.15) is 0 Å². The minimum absolute atomic E-state index is 0.362. The second kappa shape index (κ2) is 6.94. The smallest absolute Gasteiger partial charge is 0.0951 e. The highest BCUT2D eigenvalue weighted by atomic mass is 32.2. The summed E-state index contributed by atoms with van der Waals surface area (Å²) in [5, 5.41) is 3.76. The van der Waals surface area contributed by atoms with Gasteiger partial charge < -0.3 is 9.88 Å². The molecule has 128 valence electrons. The van der Waals surface area contributed by atoms with Gasteiger partial charge in [0.05, 0.1) is 18.1 Å². The van der Waals surface area contributed by atoms with Crippen molar-refractivity contribution >= 4 is 17.6 Å². The first kappa shape index (κ1) is 16.2. The Morgan fingerprint density at radius 1 is 1.20 bits per heavy atom. The topological polar surface area (TPSA) is 41.9 Å². The summed E-state index contributed by atoms with van der Waals surface area (Å²) < 4.78 is 5.13. The molecule has 1 aliphatic carbocycles. The lowest BCUT2D eigenvalue weighted by Crippen LogP contribution is -2.08. The van der Waals surface area contributed by atoms with Gasteiger partial charge in [0.25, 0.3) is 0 Å². The van der Waals surface area contributed by atoms with E-state index in [1.165, 1.54) is 16.0 Å². The van der Waals surface area contributed by atoms with Crippen LogP contribution in [-0.4, -0.2) is 16.6 Å². The molecule has 4 nitrogen and oxygen atoms in total. The number of fused-ring (bicyclic) bond motifs is 1. The lowest BCUT2D eigenvalue weighted by molar-refractivity contribution is 0.762. The van der Waals surface area contributed by atoms with Gasteiger partial charge in [-0.15, -0.1) is 0 Å². The van der Waals surface area contributed by atoms with E-state index in [0.29, 0.717) is 6.04 Å². The summed E-state index contributed by atoms with van der Waals surface area (Å²) in [6.45, 7) is 0. The van der Waals surface area contributed by atoms with Crippen LogP contribution in [0.25, 0.3) is 11.3 Å². The molecule has 2 N–H and O–H groups in total. The van der Waals surface area contributed by atoms with Gasteiger partial charge in [-0.25, -0.2) is 4.98 Å². The molecule has 0 spiro atoms. The number of nitrogens with zero attached hydrogens (tertiary/aromatic N) is 2. The van der Waals surface area contributed by atoms with E-state index < -0.39 is 0 Å². The first-order valence-corrected chi connectivity index (χ1v) is 9.36. The van der Waals surface area contributed by atoms with Crippen LogP contribution in [-0.2, 0) is 13.5 Å². The number of aromatic nitrogens is 2. The third-order valence-corrected chi connectivity index (χ3v) is 5.35. The Morgan fingerprint density at radius 3 is 2.88 bits per heavy atom. The molecule has 25 heavy (non-hydrogen) atoms. The Balaban J connectivity index is 1.69. The molecule has 1 aromatic heterocycles. The molecule has 4 rings (SSSR count). The van der Waals surface area contributed by atoms with Gasteiger partial charge in [-0.2, -0.15) is 0 Å². The Hall–Kier alpha value is -2.24. The van der Waals surface area contributed by atoms with Crippen molar-refractivity contribution in [2.75, 3.05) is 12.4 Å². The molecule has 2 aromatic carbocycles. The van der Waals surface area contributed by atoms with Crippen molar-refractivity contribution in [3.63, 3.8) is 0 Å². The number of rotatable bonds is 5. The Morgan fingerprint density at radius 2 is 2.08 bits per heavy atom. The summed E-state index contributed by atoms with van der Waals surface area (Å²) in [6.07, 6.45) is 6.19. The molecule has 5 heteroatoms. The van der Waals surface area contributed by atoms with Crippen LogP contribution in [0.4, 0.5) is 5.69 Å². The highest BCUT2D eigenvalue weighted by Crippen LogP contribution is 2.37. The maximum atomic E-state index is 4.56. The highest BCUT2D eigenvalue weighted by molar-refractivity contribution is 7.97. The van der Waals surface area contributed by atoms with E-state index in [4.69, 9.17) is 0 Å². The number of benzene rings is 2. The molecular formula is C20H22N4S. The van der Waals surface area contributed by atoms with Crippen LogP contribution in [0.2, 0.25) is 0 Å². The minimum atomic E-state index is 0.362. The first-order valence-electron chi connectivity index (χ1n) is 8.55. The Labute approximate surface area is 152 Å². The van der Waals surface area contributed by atoms with Gasteiger partial charge in [0.15, 0.2) is 0 Å². The molecule has 0 bridgehead atoms. The van der Waals surface area contributed by atoms with Crippen LogP contribution in [0.1, 0.15) is 23.6 Å². The number of anilines is 1. The molecular weight excluding hydrogens is 328 g/mol. The average molecular weight is 350 g/mol. The molecule has 0 saturated carbocycles. The minimum Gasteiger partial charge on any atom is -0.378 e. The van der Waals surface area contributed by atoms with Crippen molar-refractivity contribution in [1.82, 2.24) is 14.3 Å². The van der Waals surface area contributed by atoms with Crippen LogP contribution in [0.3, 0.4) is 0 Å². The van der Waals surface area contributed by atoms with Gasteiger partial charge in [0, 0.05) is 29.4 Å². The molecule has 1 atom stereocenters. The molecule has 0 amide bonds. The van der Waals surface area contributed by atoms with Crippen molar-refractivity contribution in [1.29, 1.82) is 0 Å². The van der Waals surface area contributed by atoms with E-state index in [1.54, 1.807) is 11.9 Å². The molecule has 1 unspecified atom stereocenters. The fourth-order valence-electron chi connectivity index (χ4n) is 3.49. The SMILES string of the molecule is CNSc1ccc(NC2CCc3ccccc32)c(-c2cn(C)cn2)c1. The predicted molar refractivity (Wildman–Crippen MR) is 105 cm³/mol. The third-order valence-electron chi connectivity index (χ3n) is 4.65. The molecule has 1 heterocycles. The van der Waals surface area contributed by atoms with Gasteiger partial charge in [-0.05, 0) is 61.2 Å². The van der Waals surface area contributed by atoms with Crippen LogP contribution in [0.5, 0.6) is 0 Å². The zero-order valence-corrected chi connectivity index (χ0v) is 15.3. The normalized spacial score (nSPS) is 16.0. The fourth-order valence-corrected chi connectivity index (χ4v) is 4.04. The van der Waals surface area contributed by atoms with E-state index in [1.807, 2.05) is 25.0 Å². The lowest BCUT2D eigenvalue weighted by atomic mass is 10.1. The van der Waals surface area contributed by atoms with E-state index in [-0.39, 0.29) is 0 Å². The summed E-state index contributed by atoms with van der Waals surface area (Å²) in [7, 11) is 3.94. The highest BCUT2D eigenvalue weighted by Gasteiger charge is 2.23. The van der Waals surface area contributed by atoms with Crippen LogP contribution >= 0.6 is 11.9 Å². The molecule has 0 fully saturated rings. The number of hydrogen-bond donors (Lipinski definition) is 2. The summed E-state index contributed by atoms with van der Waals surface area (Å²) in [5.74, 6) is 0. The van der Waals surface area contributed by atoms with Gasteiger partial charge >= 0.3 is 0 Å². The summed E-state index contributed by atoms with van der Waals surface area (Å²) in [5.41, 5.74) is 6.16. The van der Waals surface area contributed by atoms with E-state index in [9.17, 15) is 0 Å². The maximum Gasteiger partial charge on any atom is 0.0951 e.